The van der Waals surface area contributed by atoms with Crippen molar-refractivity contribution < 1.29 is 0 Å². The summed E-state index contributed by atoms with van der Waals surface area (Å²) < 4.78 is 0. The maximum Gasteiger partial charge on any atom is 0.162 e. The van der Waals surface area contributed by atoms with Gasteiger partial charge in [0.2, 0.25) is 0 Å². The zero-order valence-electron chi connectivity index (χ0n) is 9.35. The molecular weight excluding hydrogens is 269 g/mol. The minimum absolute atomic E-state index is 0. The molecule has 3 nitrogen and oxygen atoms in total. The van der Waals surface area contributed by atoms with Crippen LogP contribution in [0.1, 0.15) is 0 Å². The first-order valence-corrected chi connectivity index (χ1v) is 5.05. The smallest absolute Gasteiger partial charge is 0.162 e. The second-order valence-electron chi connectivity index (χ2n) is 3.53. The van der Waals surface area contributed by atoms with Gasteiger partial charge in [0.25, 0.3) is 0 Å². The Morgan fingerprint density at radius 3 is 2.33 bits per heavy atom. The molecular formula is C13H11Cl2N3. The molecule has 0 aliphatic rings. The van der Waals surface area contributed by atoms with Crippen LogP contribution in [0.15, 0.2) is 55.1 Å². The third-order valence-corrected chi connectivity index (χ3v) is 2.46. The first-order chi connectivity index (χ1) is 7.93. The number of benzene rings is 1. The van der Waals surface area contributed by atoms with Crippen LogP contribution in [0, 0.1) is 0 Å². The van der Waals surface area contributed by atoms with Crippen molar-refractivity contribution in [3.8, 4) is 11.1 Å². The minimum atomic E-state index is 0. The van der Waals surface area contributed by atoms with Crippen LogP contribution in [0.4, 0.5) is 0 Å². The molecule has 0 bridgehead atoms. The van der Waals surface area contributed by atoms with E-state index in [1.165, 1.54) is 6.33 Å². The van der Waals surface area contributed by atoms with E-state index in [4.69, 9.17) is 0 Å². The summed E-state index contributed by atoms with van der Waals surface area (Å²) in [7, 11) is 0. The highest BCUT2D eigenvalue weighted by Gasteiger charge is 2.00. The number of pyridine rings is 1. The van der Waals surface area contributed by atoms with Crippen LogP contribution in [-0.4, -0.2) is 15.0 Å². The Kier molecular flexibility index (Phi) is 5.01. The molecule has 18 heavy (non-hydrogen) atoms. The van der Waals surface area contributed by atoms with Crippen LogP contribution < -0.4 is 0 Å². The maximum absolute atomic E-state index is 4.31. The van der Waals surface area contributed by atoms with Crippen molar-refractivity contribution in [2.24, 2.45) is 0 Å². The van der Waals surface area contributed by atoms with E-state index in [0.717, 1.165) is 22.2 Å². The molecule has 5 heteroatoms. The van der Waals surface area contributed by atoms with E-state index in [0.29, 0.717) is 0 Å². The van der Waals surface area contributed by atoms with Crippen molar-refractivity contribution in [3.05, 3.63) is 55.1 Å². The van der Waals surface area contributed by atoms with Gasteiger partial charge >= 0.3 is 0 Å². The summed E-state index contributed by atoms with van der Waals surface area (Å²) in [4.78, 5) is 12.4. The van der Waals surface area contributed by atoms with Gasteiger partial charge in [0.1, 0.15) is 6.33 Å². The molecule has 2 aromatic heterocycles. The fourth-order valence-corrected chi connectivity index (χ4v) is 1.67. The number of hydrogen-bond donors (Lipinski definition) is 0. The number of aromatic nitrogens is 3. The molecule has 0 N–H and O–H groups in total. The molecule has 0 saturated heterocycles. The van der Waals surface area contributed by atoms with Crippen molar-refractivity contribution in [1.82, 2.24) is 15.0 Å². The van der Waals surface area contributed by atoms with E-state index >= 15 is 0 Å². The summed E-state index contributed by atoms with van der Waals surface area (Å²) >= 11 is 0. The third kappa shape index (κ3) is 2.75. The van der Waals surface area contributed by atoms with Crippen LogP contribution >= 0.6 is 24.8 Å². The lowest BCUT2D eigenvalue weighted by molar-refractivity contribution is 1.18. The van der Waals surface area contributed by atoms with Crippen LogP contribution in [0.25, 0.3) is 22.2 Å². The Bertz CT molecular complexity index is 629. The van der Waals surface area contributed by atoms with E-state index in [9.17, 15) is 0 Å². The van der Waals surface area contributed by atoms with E-state index in [-0.39, 0.29) is 24.8 Å². The molecule has 0 radical (unpaired) electrons. The first kappa shape index (κ1) is 14.4. The van der Waals surface area contributed by atoms with Gasteiger partial charge in [-0.2, -0.15) is 0 Å². The summed E-state index contributed by atoms with van der Waals surface area (Å²) in [6, 6.07) is 12.2. The quantitative estimate of drug-likeness (QED) is 0.684. The van der Waals surface area contributed by atoms with E-state index in [2.05, 4.69) is 33.2 Å². The summed E-state index contributed by atoms with van der Waals surface area (Å²) in [5, 5.41) is 0.962. The van der Waals surface area contributed by atoms with Gasteiger partial charge in [-0.25, -0.2) is 15.0 Å². The second-order valence-corrected chi connectivity index (χ2v) is 3.53. The number of nitrogens with zero attached hydrogens (tertiary/aromatic N) is 3. The van der Waals surface area contributed by atoms with Gasteiger partial charge in [0, 0.05) is 23.3 Å². The Balaban J connectivity index is 0.000000810. The molecule has 0 saturated carbocycles. The molecule has 0 aliphatic carbocycles. The second kappa shape index (κ2) is 6.28. The normalized spacial score (nSPS) is 9.33. The summed E-state index contributed by atoms with van der Waals surface area (Å²) in [6.45, 7) is 0. The van der Waals surface area contributed by atoms with Gasteiger partial charge in [-0.3, -0.25) is 0 Å². The molecule has 0 unspecified atom stereocenters. The average Bonchev–Trinajstić information content (AvgIpc) is 2.39. The van der Waals surface area contributed by atoms with Crippen molar-refractivity contribution in [1.29, 1.82) is 0 Å². The minimum Gasteiger partial charge on any atom is -0.244 e. The molecule has 92 valence electrons. The molecule has 0 fully saturated rings. The fourth-order valence-electron chi connectivity index (χ4n) is 1.67. The predicted octanol–water partition coefficient (Wildman–Crippen LogP) is 3.54. The molecule has 2 heterocycles. The number of hydrogen-bond acceptors (Lipinski definition) is 3. The van der Waals surface area contributed by atoms with Crippen LogP contribution in [0.3, 0.4) is 0 Å². The largest absolute Gasteiger partial charge is 0.244 e. The van der Waals surface area contributed by atoms with Gasteiger partial charge in [0.05, 0.1) is 0 Å². The van der Waals surface area contributed by atoms with Crippen molar-refractivity contribution >= 4 is 35.8 Å². The zero-order chi connectivity index (χ0) is 10.8. The summed E-state index contributed by atoms with van der Waals surface area (Å²) in [5.41, 5.74) is 2.97. The molecule has 0 amide bonds. The highest BCUT2D eigenvalue weighted by atomic mass is 35.5. The number of fused-ring (bicyclic) bond motifs is 1. The Morgan fingerprint density at radius 1 is 0.778 bits per heavy atom. The van der Waals surface area contributed by atoms with E-state index in [1.54, 1.807) is 6.20 Å². The van der Waals surface area contributed by atoms with Crippen LogP contribution in [0.2, 0.25) is 0 Å². The number of rotatable bonds is 1. The van der Waals surface area contributed by atoms with Crippen molar-refractivity contribution in [2.45, 2.75) is 0 Å². The summed E-state index contributed by atoms with van der Waals surface area (Å²) in [5.74, 6) is 0. The number of halogens is 2. The van der Waals surface area contributed by atoms with Crippen LogP contribution in [-0.2, 0) is 0 Å². The Morgan fingerprint density at radius 2 is 1.56 bits per heavy atom. The molecule has 3 rings (SSSR count). The van der Waals surface area contributed by atoms with Gasteiger partial charge in [0.15, 0.2) is 5.65 Å². The fraction of sp³-hybridized carbons (Fsp3) is 0. The van der Waals surface area contributed by atoms with Gasteiger partial charge < -0.3 is 0 Å². The monoisotopic (exact) mass is 279 g/mol. The lowest BCUT2D eigenvalue weighted by Crippen LogP contribution is -1.86. The topological polar surface area (TPSA) is 38.7 Å². The molecule has 0 atom stereocenters. The van der Waals surface area contributed by atoms with E-state index in [1.807, 2.05) is 24.4 Å². The SMILES string of the molecule is Cl.Cl.c1ccc(-c2cnc3ncncc3c2)cc1. The predicted molar refractivity (Wildman–Crippen MR) is 77.3 cm³/mol. The lowest BCUT2D eigenvalue weighted by atomic mass is 10.1. The highest BCUT2D eigenvalue weighted by Crippen LogP contribution is 2.20. The molecule has 3 aromatic rings. The average molecular weight is 280 g/mol. The Hall–Kier alpha value is -1.71. The summed E-state index contributed by atoms with van der Waals surface area (Å²) in [6.07, 6.45) is 5.13. The standard InChI is InChI=1S/C13H9N3.2ClH/c1-2-4-10(5-3-1)11-6-12-7-14-9-16-13(12)15-8-11;;/h1-9H;2*1H. The highest BCUT2D eigenvalue weighted by molar-refractivity contribution is 5.85. The molecule has 0 aliphatic heterocycles. The molecule has 0 spiro atoms. The third-order valence-electron chi connectivity index (χ3n) is 2.46. The van der Waals surface area contributed by atoms with Crippen LogP contribution in [0.5, 0.6) is 0 Å². The van der Waals surface area contributed by atoms with Gasteiger partial charge in [-0.05, 0) is 11.6 Å². The van der Waals surface area contributed by atoms with Crippen molar-refractivity contribution in [2.75, 3.05) is 0 Å². The van der Waals surface area contributed by atoms with Gasteiger partial charge in [-0.15, -0.1) is 24.8 Å². The zero-order valence-corrected chi connectivity index (χ0v) is 11.0. The van der Waals surface area contributed by atoms with E-state index < -0.39 is 0 Å². The molecule has 1 aromatic carbocycles. The lowest BCUT2D eigenvalue weighted by Gasteiger charge is -2.01. The van der Waals surface area contributed by atoms with Gasteiger partial charge in [-0.1, -0.05) is 30.3 Å². The maximum atomic E-state index is 4.31. The Labute approximate surface area is 117 Å². The first-order valence-electron chi connectivity index (χ1n) is 5.05. The van der Waals surface area contributed by atoms with Crippen molar-refractivity contribution in [3.63, 3.8) is 0 Å².